The molecule has 0 saturated heterocycles. The second-order valence-corrected chi connectivity index (χ2v) is 5.28. The van der Waals surface area contributed by atoms with Crippen molar-refractivity contribution in [1.29, 1.82) is 0 Å². The highest BCUT2D eigenvalue weighted by molar-refractivity contribution is 5.93. The number of hydrogen-bond acceptors (Lipinski definition) is 3. The molecular formula is C19H18O4. The largest absolute Gasteiger partial charge is 0.494 e. The number of carbonyl (C=O) groups is 1. The van der Waals surface area contributed by atoms with Crippen molar-refractivity contribution in [2.24, 2.45) is 0 Å². The summed E-state index contributed by atoms with van der Waals surface area (Å²) >= 11 is 0. The van der Waals surface area contributed by atoms with E-state index >= 15 is 0 Å². The lowest BCUT2D eigenvalue weighted by molar-refractivity contribution is -0.132. The van der Waals surface area contributed by atoms with Crippen LogP contribution < -0.4 is 9.47 Å². The lowest BCUT2D eigenvalue weighted by Gasteiger charge is -2.09. The molecule has 1 heterocycles. The van der Waals surface area contributed by atoms with Crippen LogP contribution in [0.5, 0.6) is 11.5 Å². The second-order valence-electron chi connectivity index (χ2n) is 5.28. The van der Waals surface area contributed by atoms with Gasteiger partial charge in [0, 0.05) is 17.6 Å². The van der Waals surface area contributed by atoms with Crippen molar-refractivity contribution in [1.82, 2.24) is 0 Å². The molecule has 4 nitrogen and oxygen atoms in total. The topological polar surface area (TPSA) is 55.8 Å². The zero-order valence-corrected chi connectivity index (χ0v) is 12.9. The fraction of sp³-hybridized carbons (Fsp3) is 0.211. The van der Waals surface area contributed by atoms with Crippen molar-refractivity contribution in [2.45, 2.75) is 13.3 Å². The number of hydrogen-bond donors (Lipinski definition) is 1. The number of fused-ring (bicyclic) bond motifs is 1. The van der Waals surface area contributed by atoms with Crippen molar-refractivity contribution in [3.05, 3.63) is 53.6 Å². The highest BCUT2D eigenvalue weighted by Gasteiger charge is 2.15. The molecule has 2 aromatic carbocycles. The van der Waals surface area contributed by atoms with E-state index in [4.69, 9.17) is 9.47 Å². The van der Waals surface area contributed by atoms with E-state index in [-0.39, 0.29) is 0 Å². The van der Waals surface area contributed by atoms with Crippen molar-refractivity contribution in [3.63, 3.8) is 0 Å². The summed E-state index contributed by atoms with van der Waals surface area (Å²) in [5.74, 6) is 0.659. The van der Waals surface area contributed by atoms with Crippen LogP contribution in [0.25, 0.3) is 17.2 Å². The van der Waals surface area contributed by atoms with Crippen LogP contribution in [0, 0.1) is 0 Å². The van der Waals surface area contributed by atoms with Gasteiger partial charge in [-0.05, 0) is 48.4 Å². The molecule has 0 amide bonds. The van der Waals surface area contributed by atoms with Crippen LogP contribution in [0.3, 0.4) is 0 Å². The Balaban J connectivity index is 1.96. The third kappa shape index (κ3) is 3.37. The predicted octanol–water partition coefficient (Wildman–Crippen LogP) is 4.00. The van der Waals surface area contributed by atoms with Crippen LogP contribution in [0.15, 0.2) is 48.0 Å². The molecule has 1 aliphatic heterocycles. The summed E-state index contributed by atoms with van der Waals surface area (Å²) in [6, 6.07) is 13.7. The third-order valence-electron chi connectivity index (χ3n) is 3.74. The number of ether oxygens (including phenoxy) is 2. The van der Waals surface area contributed by atoms with E-state index in [1.54, 1.807) is 6.08 Å². The summed E-state index contributed by atoms with van der Waals surface area (Å²) in [4.78, 5) is 11.2. The molecule has 0 radical (unpaired) electrons. The van der Waals surface area contributed by atoms with E-state index in [0.29, 0.717) is 25.2 Å². The molecule has 2 aromatic rings. The first-order valence-corrected chi connectivity index (χ1v) is 7.61. The minimum atomic E-state index is -0.895. The van der Waals surface area contributed by atoms with Crippen LogP contribution in [-0.4, -0.2) is 24.3 Å². The van der Waals surface area contributed by atoms with Gasteiger partial charge >= 0.3 is 5.97 Å². The predicted molar refractivity (Wildman–Crippen MR) is 88.8 cm³/mol. The number of carboxylic acids is 1. The van der Waals surface area contributed by atoms with Gasteiger partial charge in [-0.3, -0.25) is 0 Å². The van der Waals surface area contributed by atoms with Crippen molar-refractivity contribution in [3.8, 4) is 22.6 Å². The molecule has 0 unspecified atom stereocenters. The van der Waals surface area contributed by atoms with Crippen LogP contribution in [0.1, 0.15) is 18.9 Å². The van der Waals surface area contributed by atoms with E-state index in [2.05, 4.69) is 0 Å². The Morgan fingerprint density at radius 2 is 1.91 bits per heavy atom. The maximum atomic E-state index is 11.2. The number of aliphatic carboxylic acids is 1. The lowest BCUT2D eigenvalue weighted by Crippen LogP contribution is -2.03. The fourth-order valence-electron chi connectivity index (χ4n) is 2.58. The van der Waals surface area contributed by atoms with E-state index in [0.717, 1.165) is 28.2 Å². The number of rotatable bonds is 4. The SMILES string of the molecule is CCOc1ccc(-c2ccc3c(c2)C=C(C(=O)O)CCO3)cc1. The average molecular weight is 310 g/mol. The van der Waals surface area contributed by atoms with Gasteiger partial charge in [-0.2, -0.15) is 0 Å². The van der Waals surface area contributed by atoms with Crippen LogP contribution in [0.4, 0.5) is 0 Å². The van der Waals surface area contributed by atoms with Crippen LogP contribution >= 0.6 is 0 Å². The molecule has 0 fully saturated rings. The molecule has 0 aromatic heterocycles. The van der Waals surface area contributed by atoms with Gasteiger partial charge in [-0.25, -0.2) is 4.79 Å². The number of benzene rings is 2. The summed E-state index contributed by atoms with van der Waals surface area (Å²) in [7, 11) is 0. The molecule has 0 atom stereocenters. The molecule has 23 heavy (non-hydrogen) atoms. The van der Waals surface area contributed by atoms with Crippen molar-refractivity contribution < 1.29 is 19.4 Å². The van der Waals surface area contributed by atoms with Crippen LogP contribution in [-0.2, 0) is 4.79 Å². The summed E-state index contributed by atoms with van der Waals surface area (Å²) in [6.07, 6.45) is 2.10. The molecule has 0 spiro atoms. The van der Waals surface area contributed by atoms with Gasteiger partial charge in [0.1, 0.15) is 11.5 Å². The minimum absolute atomic E-state index is 0.368. The highest BCUT2D eigenvalue weighted by atomic mass is 16.5. The Morgan fingerprint density at radius 3 is 2.61 bits per heavy atom. The van der Waals surface area contributed by atoms with Gasteiger partial charge in [0.05, 0.1) is 13.2 Å². The Hall–Kier alpha value is -2.75. The van der Waals surface area contributed by atoms with E-state index in [1.807, 2.05) is 49.4 Å². The smallest absolute Gasteiger partial charge is 0.331 e. The molecule has 3 rings (SSSR count). The van der Waals surface area contributed by atoms with Gasteiger partial charge in [0.2, 0.25) is 0 Å². The molecule has 1 N–H and O–H groups in total. The Labute approximate surface area is 135 Å². The fourth-order valence-corrected chi connectivity index (χ4v) is 2.58. The lowest BCUT2D eigenvalue weighted by atomic mass is 10.0. The second kappa shape index (κ2) is 6.57. The molecule has 0 bridgehead atoms. The van der Waals surface area contributed by atoms with Gasteiger partial charge in [-0.15, -0.1) is 0 Å². The zero-order chi connectivity index (χ0) is 16.2. The van der Waals surface area contributed by atoms with Crippen LogP contribution in [0.2, 0.25) is 0 Å². The molecule has 118 valence electrons. The monoisotopic (exact) mass is 310 g/mol. The highest BCUT2D eigenvalue weighted by Crippen LogP contribution is 2.31. The molecule has 0 saturated carbocycles. The molecule has 1 aliphatic rings. The Bertz CT molecular complexity index is 744. The van der Waals surface area contributed by atoms with E-state index in [1.165, 1.54) is 0 Å². The van der Waals surface area contributed by atoms with Crippen molar-refractivity contribution in [2.75, 3.05) is 13.2 Å². The summed E-state index contributed by atoms with van der Waals surface area (Å²) in [6.45, 7) is 2.97. The first-order chi connectivity index (χ1) is 11.2. The minimum Gasteiger partial charge on any atom is -0.494 e. The number of carboxylic acid groups (broad SMARTS) is 1. The van der Waals surface area contributed by atoms with E-state index < -0.39 is 5.97 Å². The standard InChI is InChI=1S/C19H18O4/c1-2-22-17-6-3-13(4-7-17)14-5-8-18-16(11-14)12-15(19(20)21)9-10-23-18/h3-8,11-12H,2,9-10H2,1H3,(H,20,21). The van der Waals surface area contributed by atoms with E-state index in [9.17, 15) is 9.90 Å². The molecule has 0 aliphatic carbocycles. The van der Waals surface area contributed by atoms with Gasteiger partial charge in [0.25, 0.3) is 0 Å². The first kappa shape index (κ1) is 15.2. The quantitative estimate of drug-likeness (QED) is 0.927. The molecular weight excluding hydrogens is 292 g/mol. The van der Waals surface area contributed by atoms with Gasteiger partial charge in [-0.1, -0.05) is 18.2 Å². The van der Waals surface area contributed by atoms with Gasteiger partial charge < -0.3 is 14.6 Å². The third-order valence-corrected chi connectivity index (χ3v) is 3.74. The molecule has 4 heteroatoms. The maximum Gasteiger partial charge on any atom is 0.331 e. The maximum absolute atomic E-state index is 11.2. The summed E-state index contributed by atoms with van der Waals surface area (Å²) in [5, 5.41) is 9.22. The van der Waals surface area contributed by atoms with Gasteiger partial charge in [0.15, 0.2) is 0 Å². The Morgan fingerprint density at radius 1 is 1.17 bits per heavy atom. The normalized spacial score (nSPS) is 13.3. The Kier molecular flexibility index (Phi) is 4.33. The summed E-state index contributed by atoms with van der Waals surface area (Å²) in [5.41, 5.74) is 3.22. The first-order valence-electron chi connectivity index (χ1n) is 7.61. The summed E-state index contributed by atoms with van der Waals surface area (Å²) < 4.78 is 11.1. The van der Waals surface area contributed by atoms with Crippen molar-refractivity contribution >= 4 is 12.0 Å². The zero-order valence-electron chi connectivity index (χ0n) is 12.9. The average Bonchev–Trinajstić information content (AvgIpc) is 2.77.